The van der Waals surface area contributed by atoms with Gasteiger partial charge in [0.2, 0.25) is 5.91 Å². The molecule has 3 heterocycles. The van der Waals surface area contributed by atoms with Gasteiger partial charge in [-0.15, -0.1) is 0 Å². The molecule has 1 unspecified atom stereocenters. The second kappa shape index (κ2) is 8.48. The van der Waals surface area contributed by atoms with Crippen molar-refractivity contribution in [1.29, 1.82) is 0 Å². The average Bonchev–Trinajstić information content (AvgIpc) is 3.30. The second-order valence-electron chi connectivity index (χ2n) is 7.49. The molecule has 0 aliphatic carbocycles. The number of hydrogen-bond acceptors (Lipinski definition) is 6. The van der Waals surface area contributed by atoms with Crippen molar-refractivity contribution in [3.63, 3.8) is 0 Å². The highest BCUT2D eigenvalue weighted by Gasteiger charge is 2.31. The van der Waals surface area contributed by atoms with Crippen molar-refractivity contribution in [2.24, 2.45) is 7.05 Å². The first-order valence-corrected chi connectivity index (χ1v) is 10.0. The molecule has 1 fully saturated rings. The van der Waals surface area contributed by atoms with Gasteiger partial charge in [-0.2, -0.15) is 10.1 Å². The van der Waals surface area contributed by atoms with E-state index in [-0.39, 0.29) is 17.9 Å². The van der Waals surface area contributed by atoms with Crippen LogP contribution in [-0.2, 0) is 11.8 Å². The molecular formula is C21H24N6O3. The number of anilines is 1. The van der Waals surface area contributed by atoms with Crippen molar-refractivity contribution < 1.29 is 14.1 Å². The van der Waals surface area contributed by atoms with Crippen molar-refractivity contribution in [2.75, 3.05) is 11.9 Å². The fourth-order valence-corrected chi connectivity index (χ4v) is 3.74. The number of nitrogens with zero attached hydrogens (tertiary/aromatic N) is 5. The summed E-state index contributed by atoms with van der Waals surface area (Å²) < 4.78 is 7.12. The summed E-state index contributed by atoms with van der Waals surface area (Å²) in [5, 5.41) is 11.0. The van der Waals surface area contributed by atoms with Crippen LogP contribution in [0.1, 0.15) is 54.8 Å². The van der Waals surface area contributed by atoms with Crippen molar-refractivity contribution in [1.82, 2.24) is 24.8 Å². The number of carbonyl (C=O) groups is 2. The SMILES string of the molecule is CC(=O)Nc1cccc(C(=O)N2CCCCCC2c2noc(-c3cnn(C)c3)n2)c1. The molecule has 9 nitrogen and oxygen atoms in total. The van der Waals surface area contributed by atoms with Crippen LogP contribution in [0.4, 0.5) is 5.69 Å². The van der Waals surface area contributed by atoms with E-state index in [1.54, 1.807) is 41.3 Å². The average molecular weight is 408 g/mol. The molecule has 0 spiro atoms. The quantitative estimate of drug-likeness (QED) is 0.711. The maximum atomic E-state index is 13.4. The Kier molecular flexibility index (Phi) is 5.60. The zero-order chi connectivity index (χ0) is 21.1. The number of amides is 2. The van der Waals surface area contributed by atoms with E-state index >= 15 is 0 Å². The largest absolute Gasteiger partial charge is 0.334 e. The van der Waals surface area contributed by atoms with Crippen LogP contribution in [0.25, 0.3) is 11.5 Å². The summed E-state index contributed by atoms with van der Waals surface area (Å²) in [5.74, 6) is 0.605. The van der Waals surface area contributed by atoms with Crippen LogP contribution >= 0.6 is 0 Å². The smallest absolute Gasteiger partial charge is 0.261 e. The Morgan fingerprint density at radius 3 is 2.87 bits per heavy atom. The third-order valence-electron chi connectivity index (χ3n) is 5.14. The molecule has 9 heteroatoms. The van der Waals surface area contributed by atoms with Crippen LogP contribution in [0.2, 0.25) is 0 Å². The van der Waals surface area contributed by atoms with Crippen molar-refractivity contribution in [3.8, 4) is 11.5 Å². The summed E-state index contributed by atoms with van der Waals surface area (Å²) in [6.07, 6.45) is 7.18. The highest BCUT2D eigenvalue weighted by molar-refractivity contribution is 5.97. The van der Waals surface area contributed by atoms with Crippen LogP contribution in [0, 0.1) is 0 Å². The fraction of sp³-hybridized carbons (Fsp3) is 0.381. The van der Waals surface area contributed by atoms with Crippen LogP contribution in [-0.4, -0.2) is 43.2 Å². The highest BCUT2D eigenvalue weighted by Crippen LogP contribution is 2.31. The van der Waals surface area contributed by atoms with Crippen molar-refractivity contribution in [3.05, 3.63) is 48.0 Å². The Morgan fingerprint density at radius 2 is 2.10 bits per heavy atom. The third-order valence-corrected chi connectivity index (χ3v) is 5.14. The van der Waals surface area contributed by atoms with E-state index in [1.165, 1.54) is 6.92 Å². The van der Waals surface area contributed by atoms with Crippen LogP contribution in [0.15, 0.2) is 41.2 Å². The third kappa shape index (κ3) is 4.24. The molecule has 30 heavy (non-hydrogen) atoms. The monoisotopic (exact) mass is 408 g/mol. The van der Waals surface area contributed by atoms with Gasteiger partial charge in [-0.25, -0.2) is 0 Å². The number of aryl methyl sites for hydroxylation is 1. The molecule has 0 radical (unpaired) electrons. The maximum absolute atomic E-state index is 13.4. The first-order chi connectivity index (χ1) is 14.5. The Morgan fingerprint density at radius 1 is 1.23 bits per heavy atom. The summed E-state index contributed by atoms with van der Waals surface area (Å²) in [4.78, 5) is 31.1. The molecule has 1 aromatic carbocycles. The molecule has 1 N–H and O–H groups in total. The Labute approximate surface area is 174 Å². The summed E-state index contributed by atoms with van der Waals surface area (Å²) >= 11 is 0. The lowest BCUT2D eigenvalue weighted by atomic mass is 10.1. The number of rotatable bonds is 4. The van der Waals surface area contributed by atoms with E-state index in [0.717, 1.165) is 31.2 Å². The van der Waals surface area contributed by atoms with Gasteiger partial charge in [0.25, 0.3) is 11.8 Å². The topological polar surface area (TPSA) is 106 Å². The number of carbonyl (C=O) groups excluding carboxylic acids is 2. The zero-order valence-electron chi connectivity index (χ0n) is 17.0. The van der Waals surface area contributed by atoms with Gasteiger partial charge in [0, 0.05) is 38.0 Å². The number of aromatic nitrogens is 4. The lowest BCUT2D eigenvalue weighted by molar-refractivity contribution is -0.114. The summed E-state index contributed by atoms with van der Waals surface area (Å²) in [7, 11) is 1.82. The van der Waals surface area contributed by atoms with Crippen molar-refractivity contribution in [2.45, 2.75) is 38.6 Å². The van der Waals surface area contributed by atoms with Gasteiger partial charge in [-0.1, -0.05) is 24.1 Å². The molecule has 1 aliphatic rings. The Hall–Kier alpha value is -3.49. The predicted octanol–water partition coefficient (Wildman–Crippen LogP) is 3.19. The molecule has 0 saturated carbocycles. The molecular weight excluding hydrogens is 384 g/mol. The molecule has 2 aromatic heterocycles. The van der Waals surface area contributed by atoms with E-state index < -0.39 is 0 Å². The number of hydrogen-bond donors (Lipinski definition) is 1. The van der Waals surface area contributed by atoms with Crippen LogP contribution in [0.3, 0.4) is 0 Å². The molecule has 3 aromatic rings. The summed E-state index contributed by atoms with van der Waals surface area (Å²) in [6.45, 7) is 2.06. The summed E-state index contributed by atoms with van der Waals surface area (Å²) in [5.41, 5.74) is 1.85. The van der Waals surface area contributed by atoms with Gasteiger partial charge in [0.05, 0.1) is 17.8 Å². The maximum Gasteiger partial charge on any atom is 0.261 e. The van der Waals surface area contributed by atoms with Gasteiger partial charge in [0.15, 0.2) is 5.82 Å². The Bertz CT molecular complexity index is 1060. The van der Waals surface area contributed by atoms with E-state index in [4.69, 9.17) is 4.52 Å². The van der Waals surface area contributed by atoms with Gasteiger partial charge in [-0.05, 0) is 31.0 Å². The van der Waals surface area contributed by atoms with E-state index in [1.807, 2.05) is 11.9 Å². The van der Waals surface area contributed by atoms with Gasteiger partial charge >= 0.3 is 0 Å². The van der Waals surface area contributed by atoms with Gasteiger partial charge in [-0.3, -0.25) is 14.3 Å². The van der Waals surface area contributed by atoms with Crippen LogP contribution in [0.5, 0.6) is 0 Å². The first-order valence-electron chi connectivity index (χ1n) is 10.0. The minimum Gasteiger partial charge on any atom is -0.334 e. The lowest BCUT2D eigenvalue weighted by Gasteiger charge is -2.28. The number of likely N-dealkylation sites (tertiary alicyclic amines) is 1. The standard InChI is InChI=1S/C21H24N6O3/c1-14(28)23-17-8-6-7-15(11-17)21(29)27-10-5-3-4-9-18(27)19-24-20(30-25-19)16-12-22-26(2)13-16/h6-8,11-13,18H,3-5,9-10H2,1-2H3,(H,23,28). The Balaban J connectivity index is 1.61. The first kappa shape index (κ1) is 19.8. The molecule has 2 amide bonds. The van der Waals surface area contributed by atoms with E-state index in [0.29, 0.717) is 29.5 Å². The minimum atomic E-state index is -0.265. The normalized spacial score (nSPS) is 16.9. The molecule has 156 valence electrons. The van der Waals surface area contributed by atoms with Crippen molar-refractivity contribution >= 4 is 17.5 Å². The summed E-state index contributed by atoms with van der Waals surface area (Å²) in [6, 6.07) is 6.71. The van der Waals surface area contributed by atoms with E-state index in [2.05, 4.69) is 20.6 Å². The molecule has 4 rings (SSSR count). The van der Waals surface area contributed by atoms with E-state index in [9.17, 15) is 9.59 Å². The van der Waals surface area contributed by atoms with Crippen LogP contribution < -0.4 is 5.32 Å². The molecule has 1 saturated heterocycles. The van der Waals surface area contributed by atoms with Gasteiger partial charge in [0.1, 0.15) is 0 Å². The molecule has 1 atom stereocenters. The highest BCUT2D eigenvalue weighted by atomic mass is 16.5. The number of nitrogens with one attached hydrogen (secondary N) is 1. The molecule has 1 aliphatic heterocycles. The zero-order valence-corrected chi connectivity index (χ0v) is 17.0. The lowest BCUT2D eigenvalue weighted by Crippen LogP contribution is -2.35. The van der Waals surface area contributed by atoms with Gasteiger partial charge < -0.3 is 14.7 Å². The second-order valence-corrected chi connectivity index (χ2v) is 7.49. The predicted molar refractivity (Wildman–Crippen MR) is 109 cm³/mol. The number of benzene rings is 1. The molecule has 0 bridgehead atoms. The minimum absolute atomic E-state index is 0.109. The fourth-order valence-electron chi connectivity index (χ4n) is 3.74.